The Morgan fingerprint density at radius 2 is 1.14 bits per heavy atom. The largest absolute Gasteiger partial charge is 0.497 e. The zero-order valence-electron chi connectivity index (χ0n) is 56.7. The second-order valence-corrected chi connectivity index (χ2v) is 28.0. The summed E-state index contributed by atoms with van der Waals surface area (Å²) in [5.74, 6) is -8.11. The number of amides is 10. The number of piperidine rings is 1. The van der Waals surface area contributed by atoms with Crippen LogP contribution in [-0.2, 0) is 63.9 Å². The van der Waals surface area contributed by atoms with Crippen molar-refractivity contribution in [3.8, 4) is 5.75 Å². The molecule has 0 aromatic heterocycles. The van der Waals surface area contributed by atoms with Crippen molar-refractivity contribution in [3.05, 3.63) is 29.8 Å². The van der Waals surface area contributed by atoms with Crippen LogP contribution in [0.3, 0.4) is 0 Å². The minimum absolute atomic E-state index is 0.105. The lowest BCUT2D eigenvalue weighted by molar-refractivity contribution is -0.165. The van der Waals surface area contributed by atoms with E-state index in [2.05, 4.69) is 21.3 Å². The lowest BCUT2D eigenvalue weighted by Crippen LogP contribution is -2.64. The van der Waals surface area contributed by atoms with Gasteiger partial charge in [-0.15, -0.1) is 0 Å². The van der Waals surface area contributed by atoms with Gasteiger partial charge in [0.2, 0.25) is 53.2 Å². The number of nitrogens with one attached hydrogen (secondary N) is 4. The Hall–Kier alpha value is -6.81. The molecule has 2 saturated heterocycles. The number of esters is 1. The second kappa shape index (κ2) is 31.0. The van der Waals surface area contributed by atoms with Gasteiger partial charge >= 0.3 is 5.97 Å². The van der Waals surface area contributed by atoms with Crippen LogP contribution in [0.1, 0.15) is 159 Å². The van der Waals surface area contributed by atoms with Crippen molar-refractivity contribution in [3.63, 3.8) is 0 Å². The molecule has 7 rings (SSSR count). The monoisotopic (exact) mass is 1260 g/mol. The van der Waals surface area contributed by atoms with Crippen LogP contribution in [0, 0.1) is 47.3 Å². The van der Waals surface area contributed by atoms with Gasteiger partial charge in [-0.05, 0) is 130 Å². The SMILES string of the molecule is CC[C@H](C)[C@H]1C(=O)NCC(=O)N(C)[C@@H](C(C)C)C(=O)N[C@@H](Cc2ccc(OC)cc2)C(=O)O[C@@H](C)C(=O)N2CCCC[C@H]2C(=O)N(C)[C@@H](C(C)C)C(=O)N[C@@H](C(C)C)C(=O)N(C)[C@@H](CC(=O)NC23CC4CC(CC(C4)C2)C3)C(=O)N(C)[C@@H]([C@@H](C)CC)C(=O)N1C. The Bertz CT molecular complexity index is 2740. The predicted molar refractivity (Wildman–Crippen MR) is 338 cm³/mol. The number of hydrogen-bond acceptors (Lipinski definition) is 13. The highest BCUT2D eigenvalue weighted by atomic mass is 16.5. The van der Waals surface area contributed by atoms with E-state index in [-0.39, 0.29) is 19.4 Å². The Labute approximate surface area is 533 Å². The Balaban J connectivity index is 1.42. The van der Waals surface area contributed by atoms with E-state index in [4.69, 9.17) is 9.47 Å². The lowest BCUT2D eigenvalue weighted by Gasteiger charge is -2.57. The fraction of sp³-hybridized carbons (Fsp3) is 0.746. The molecule has 23 heteroatoms. The average Bonchev–Trinajstić information content (AvgIpc) is 0.762. The first-order chi connectivity index (χ1) is 42.3. The summed E-state index contributed by atoms with van der Waals surface area (Å²) in [6, 6.07) is -3.29. The second-order valence-electron chi connectivity index (χ2n) is 28.0. The van der Waals surface area contributed by atoms with E-state index in [1.807, 2.05) is 13.8 Å². The number of ether oxygens (including phenoxy) is 2. The summed E-state index contributed by atoms with van der Waals surface area (Å²) in [7, 11) is 8.71. The smallest absolute Gasteiger partial charge is 0.329 e. The number of methoxy groups -OCH3 is 1. The van der Waals surface area contributed by atoms with Gasteiger partial charge in [0.25, 0.3) is 5.91 Å². The van der Waals surface area contributed by atoms with E-state index in [1.54, 1.807) is 79.7 Å². The fourth-order valence-corrected chi connectivity index (χ4v) is 15.3. The van der Waals surface area contributed by atoms with E-state index in [9.17, 15) is 38.4 Å². The molecule has 1 aromatic rings. The van der Waals surface area contributed by atoms with E-state index in [0.717, 1.165) is 38.5 Å². The molecule has 4 saturated carbocycles. The summed E-state index contributed by atoms with van der Waals surface area (Å²) >= 11 is 0. The quantitative estimate of drug-likeness (QED) is 0.201. The highest BCUT2D eigenvalue weighted by molar-refractivity contribution is 6.00. The van der Waals surface area contributed by atoms with Gasteiger partial charge in [-0.2, -0.15) is 0 Å². The maximum absolute atomic E-state index is 15.6. The molecule has 502 valence electrons. The molecular formula is C67H106N10O13. The molecule has 4 bridgehead atoms. The first-order valence-corrected chi connectivity index (χ1v) is 33.0. The fourth-order valence-electron chi connectivity index (χ4n) is 15.3. The minimum Gasteiger partial charge on any atom is -0.497 e. The number of benzene rings is 1. The molecule has 0 spiro atoms. The summed E-state index contributed by atoms with van der Waals surface area (Å²) in [4.78, 5) is 171. The van der Waals surface area contributed by atoms with Crippen molar-refractivity contribution >= 4 is 65.0 Å². The average molecular weight is 1260 g/mol. The van der Waals surface area contributed by atoms with Crippen LogP contribution in [0.5, 0.6) is 5.75 Å². The van der Waals surface area contributed by atoms with Crippen molar-refractivity contribution in [2.24, 2.45) is 47.3 Å². The maximum Gasteiger partial charge on any atom is 0.329 e. The van der Waals surface area contributed by atoms with Crippen molar-refractivity contribution in [2.75, 3.05) is 55.4 Å². The van der Waals surface area contributed by atoms with Crippen LogP contribution in [0.2, 0.25) is 0 Å². The van der Waals surface area contributed by atoms with Crippen LogP contribution in [0.4, 0.5) is 0 Å². The number of likely N-dealkylation sites (N-methyl/N-ethyl adjacent to an activating group) is 5. The van der Waals surface area contributed by atoms with E-state index < -0.39 is 168 Å². The number of nitrogens with zero attached hydrogens (tertiary/aromatic N) is 6. The number of hydrogen-bond donors (Lipinski definition) is 4. The van der Waals surface area contributed by atoms with Crippen molar-refractivity contribution < 1.29 is 62.2 Å². The van der Waals surface area contributed by atoms with Gasteiger partial charge in [0.05, 0.1) is 20.1 Å². The van der Waals surface area contributed by atoms with E-state index >= 15 is 14.4 Å². The first kappa shape index (κ1) is 72.3. The zero-order chi connectivity index (χ0) is 67.0. The molecule has 1 aromatic carbocycles. The molecule has 6 fully saturated rings. The third kappa shape index (κ3) is 16.6. The maximum atomic E-state index is 15.6. The van der Waals surface area contributed by atoms with Crippen LogP contribution in [0.15, 0.2) is 24.3 Å². The molecule has 0 radical (unpaired) electrons. The third-order valence-electron chi connectivity index (χ3n) is 20.3. The van der Waals surface area contributed by atoms with Crippen molar-refractivity contribution in [1.82, 2.24) is 50.7 Å². The molecule has 4 N–H and O–H groups in total. The van der Waals surface area contributed by atoms with Gasteiger partial charge in [-0.1, -0.05) is 94.2 Å². The van der Waals surface area contributed by atoms with Crippen molar-refractivity contribution in [2.45, 2.75) is 220 Å². The number of carbonyl (C=O) groups excluding carboxylic acids is 11. The summed E-state index contributed by atoms with van der Waals surface area (Å²) in [6.45, 7) is 18.6. The highest BCUT2D eigenvalue weighted by Gasteiger charge is 2.53. The van der Waals surface area contributed by atoms with Crippen molar-refractivity contribution in [1.29, 1.82) is 0 Å². The van der Waals surface area contributed by atoms with Gasteiger partial charge < -0.3 is 60.1 Å². The standard InChI is InChI=1S/C67H106N10O13/c1-18-40(9)56-58(80)68-36-52(79)73(13)54(38(5)6)59(81)69-48(31-43-23-25-47(89-17)26-24-43)66(88)90-42(11)61(83)77-27-21-20-22-49(77)62(84)74(14)55(39(7)8)60(82)70-53(37(3)4)64(86)72(12)50(63(85)76(16)57(41(10)19-2)65(87)75(56)15)32-51(78)71-67-33-44-28-45(34-67)30-46(29-44)35-67/h23-26,37-42,44-46,48-50,53-57H,18-22,27-36H2,1-17H3,(H,68,80)(H,69,81)(H,70,82)(H,71,78)/t40-,41-,42-,44?,45?,46?,48-,49-,50-,53-,54-,55-,56-,57-,67?/m0/s1. The molecule has 6 aliphatic rings. The Kier molecular flexibility index (Phi) is 24.9. The van der Waals surface area contributed by atoms with E-state index in [1.165, 1.54) is 78.7 Å². The summed E-state index contributed by atoms with van der Waals surface area (Å²) in [5.41, 5.74) is 0.144. The van der Waals surface area contributed by atoms with E-state index in [0.29, 0.717) is 54.7 Å². The van der Waals surface area contributed by atoms with Gasteiger partial charge in [0, 0.05) is 53.7 Å². The molecular weight excluding hydrogens is 1150 g/mol. The van der Waals surface area contributed by atoms with Gasteiger partial charge in [0.15, 0.2) is 6.10 Å². The summed E-state index contributed by atoms with van der Waals surface area (Å²) in [5, 5.41) is 11.8. The number of rotatable bonds is 13. The van der Waals surface area contributed by atoms with Crippen LogP contribution < -0.4 is 26.0 Å². The summed E-state index contributed by atoms with van der Waals surface area (Å²) < 4.78 is 11.3. The molecule has 0 unspecified atom stereocenters. The molecule has 4 aliphatic carbocycles. The summed E-state index contributed by atoms with van der Waals surface area (Å²) in [6.07, 6.45) is 5.94. The molecule has 90 heavy (non-hydrogen) atoms. The molecule has 2 heterocycles. The normalized spacial score (nSPS) is 31.2. The van der Waals surface area contributed by atoms with Crippen LogP contribution in [0.25, 0.3) is 0 Å². The minimum atomic E-state index is -1.49. The molecule has 2 aliphatic heterocycles. The molecule has 10 amide bonds. The van der Waals surface area contributed by atoms with Gasteiger partial charge in [-0.25, -0.2) is 4.79 Å². The van der Waals surface area contributed by atoms with Crippen LogP contribution >= 0.6 is 0 Å². The third-order valence-corrected chi connectivity index (χ3v) is 20.3. The first-order valence-electron chi connectivity index (χ1n) is 33.0. The molecule has 11 atom stereocenters. The molecule has 23 nitrogen and oxygen atoms in total. The van der Waals surface area contributed by atoms with Gasteiger partial charge in [0.1, 0.15) is 54.1 Å². The predicted octanol–water partition coefficient (Wildman–Crippen LogP) is 4.32. The lowest BCUT2D eigenvalue weighted by atomic mass is 9.53. The highest BCUT2D eigenvalue weighted by Crippen LogP contribution is 2.55. The Morgan fingerprint density at radius 3 is 1.68 bits per heavy atom. The topological polar surface area (TPSA) is 274 Å². The van der Waals surface area contributed by atoms with Crippen LogP contribution in [-0.4, -0.2) is 210 Å². The number of cyclic esters (lactones) is 1. The number of carbonyl (C=O) groups is 11. The number of fused-ring (bicyclic) bond motifs is 1. The van der Waals surface area contributed by atoms with Gasteiger partial charge in [-0.3, -0.25) is 47.9 Å². The Morgan fingerprint density at radius 1 is 0.622 bits per heavy atom. The zero-order valence-corrected chi connectivity index (χ0v) is 56.7.